The van der Waals surface area contributed by atoms with Crippen LogP contribution in [0.4, 0.5) is 0 Å². The molecule has 0 saturated heterocycles. The van der Waals surface area contributed by atoms with Crippen molar-refractivity contribution in [2.75, 3.05) is 6.54 Å². The highest BCUT2D eigenvalue weighted by Gasteiger charge is 2.17. The molecule has 94 valence electrons. The van der Waals surface area contributed by atoms with E-state index < -0.39 is 0 Å². The van der Waals surface area contributed by atoms with Gasteiger partial charge in [-0.1, -0.05) is 13.3 Å². The third-order valence-electron chi connectivity index (χ3n) is 3.14. The monoisotopic (exact) mass is 235 g/mol. The summed E-state index contributed by atoms with van der Waals surface area (Å²) < 4.78 is 5.99. The molecule has 1 fully saturated rings. The quantitative estimate of drug-likeness (QED) is 0.850. The molecular formula is C13H21N3O. The first-order chi connectivity index (χ1) is 8.40. The average molecular weight is 235 g/mol. The number of hydrogen-bond acceptors (Lipinski definition) is 4. The zero-order valence-electron chi connectivity index (χ0n) is 10.5. The highest BCUT2D eigenvalue weighted by Crippen LogP contribution is 2.23. The number of rotatable bonds is 5. The molecule has 1 N–H and O–H groups in total. The molecule has 0 radical (unpaired) electrons. The van der Waals surface area contributed by atoms with Crippen molar-refractivity contribution in [1.82, 2.24) is 15.3 Å². The maximum Gasteiger partial charge on any atom is 0.221 e. The summed E-state index contributed by atoms with van der Waals surface area (Å²) in [6.45, 7) is 3.81. The minimum Gasteiger partial charge on any atom is -0.474 e. The van der Waals surface area contributed by atoms with Gasteiger partial charge >= 0.3 is 0 Å². The van der Waals surface area contributed by atoms with E-state index in [4.69, 9.17) is 4.74 Å². The van der Waals surface area contributed by atoms with Gasteiger partial charge in [0.2, 0.25) is 5.88 Å². The molecule has 1 aliphatic carbocycles. The number of nitrogens with zero attached hydrogens (tertiary/aromatic N) is 2. The van der Waals surface area contributed by atoms with Gasteiger partial charge in [0.05, 0.1) is 0 Å². The highest BCUT2D eigenvalue weighted by molar-refractivity contribution is 5.22. The molecule has 0 bridgehead atoms. The number of hydrogen-bond donors (Lipinski definition) is 1. The summed E-state index contributed by atoms with van der Waals surface area (Å²) in [4.78, 5) is 8.31. The van der Waals surface area contributed by atoms with Crippen LogP contribution in [0.25, 0.3) is 0 Å². The zero-order chi connectivity index (χ0) is 11.9. The van der Waals surface area contributed by atoms with Crippen LogP contribution in [0.3, 0.4) is 0 Å². The Hall–Kier alpha value is -1.16. The Morgan fingerprint density at radius 3 is 2.94 bits per heavy atom. The van der Waals surface area contributed by atoms with Crippen molar-refractivity contribution in [2.45, 2.75) is 51.7 Å². The van der Waals surface area contributed by atoms with Crippen LogP contribution in [0.2, 0.25) is 0 Å². The fourth-order valence-electron chi connectivity index (χ4n) is 2.18. The highest BCUT2D eigenvalue weighted by atomic mass is 16.5. The molecule has 1 aromatic heterocycles. The second kappa shape index (κ2) is 6.55. The predicted molar refractivity (Wildman–Crippen MR) is 66.9 cm³/mol. The summed E-state index contributed by atoms with van der Waals surface area (Å²) in [5, 5.41) is 3.28. The van der Waals surface area contributed by atoms with Gasteiger partial charge in [-0.2, -0.15) is 0 Å². The summed E-state index contributed by atoms with van der Waals surface area (Å²) in [5.41, 5.74) is 1.06. The maximum atomic E-state index is 5.99. The lowest BCUT2D eigenvalue weighted by molar-refractivity contribution is 0.146. The van der Waals surface area contributed by atoms with Gasteiger partial charge in [0.15, 0.2) is 0 Å². The molecule has 1 heterocycles. The average Bonchev–Trinajstić information content (AvgIpc) is 2.39. The molecule has 0 unspecified atom stereocenters. The molecular weight excluding hydrogens is 214 g/mol. The maximum absolute atomic E-state index is 5.99. The first kappa shape index (κ1) is 12.3. The number of aromatic nitrogens is 2. The van der Waals surface area contributed by atoms with E-state index in [0.717, 1.165) is 37.4 Å². The van der Waals surface area contributed by atoms with E-state index in [1.807, 2.05) is 6.20 Å². The smallest absolute Gasteiger partial charge is 0.221 e. The van der Waals surface area contributed by atoms with E-state index in [9.17, 15) is 0 Å². The lowest BCUT2D eigenvalue weighted by Crippen LogP contribution is -2.22. The van der Waals surface area contributed by atoms with Crippen LogP contribution in [-0.4, -0.2) is 22.6 Å². The van der Waals surface area contributed by atoms with Crippen LogP contribution in [-0.2, 0) is 6.54 Å². The van der Waals surface area contributed by atoms with E-state index in [0.29, 0.717) is 6.10 Å². The Balaban J connectivity index is 1.98. The van der Waals surface area contributed by atoms with Crippen molar-refractivity contribution < 1.29 is 4.74 Å². The third kappa shape index (κ3) is 3.66. The van der Waals surface area contributed by atoms with Crippen LogP contribution in [0.1, 0.15) is 44.6 Å². The van der Waals surface area contributed by atoms with Crippen LogP contribution < -0.4 is 10.1 Å². The Labute approximate surface area is 103 Å². The van der Waals surface area contributed by atoms with Crippen LogP contribution in [0.5, 0.6) is 5.88 Å². The second-order valence-corrected chi connectivity index (χ2v) is 4.51. The molecule has 0 spiro atoms. The van der Waals surface area contributed by atoms with E-state index in [2.05, 4.69) is 22.2 Å². The first-order valence-electron chi connectivity index (χ1n) is 6.56. The largest absolute Gasteiger partial charge is 0.474 e. The third-order valence-corrected chi connectivity index (χ3v) is 3.14. The van der Waals surface area contributed by atoms with Gasteiger partial charge < -0.3 is 10.1 Å². The lowest BCUT2D eigenvalue weighted by Gasteiger charge is -2.23. The fraction of sp³-hybridized carbons (Fsp3) is 0.692. The van der Waals surface area contributed by atoms with Crippen molar-refractivity contribution in [3.63, 3.8) is 0 Å². The van der Waals surface area contributed by atoms with Crippen LogP contribution in [0, 0.1) is 0 Å². The van der Waals surface area contributed by atoms with E-state index in [1.165, 1.54) is 19.3 Å². The van der Waals surface area contributed by atoms with Gasteiger partial charge in [-0.3, -0.25) is 0 Å². The van der Waals surface area contributed by atoms with Crippen molar-refractivity contribution in [3.05, 3.63) is 18.1 Å². The Bertz CT molecular complexity index is 337. The van der Waals surface area contributed by atoms with Crippen LogP contribution in [0.15, 0.2) is 12.5 Å². The van der Waals surface area contributed by atoms with Gasteiger partial charge in [0, 0.05) is 18.3 Å². The molecule has 0 atom stereocenters. The summed E-state index contributed by atoms with van der Waals surface area (Å²) in [5.74, 6) is 0.757. The lowest BCUT2D eigenvalue weighted by atomic mass is 9.98. The van der Waals surface area contributed by atoms with E-state index in [-0.39, 0.29) is 0 Å². The molecule has 4 nitrogen and oxygen atoms in total. The Morgan fingerprint density at radius 2 is 2.18 bits per heavy atom. The van der Waals surface area contributed by atoms with Gasteiger partial charge in [-0.25, -0.2) is 9.97 Å². The first-order valence-corrected chi connectivity index (χ1v) is 6.56. The molecule has 0 aliphatic heterocycles. The van der Waals surface area contributed by atoms with Crippen molar-refractivity contribution in [3.8, 4) is 5.88 Å². The van der Waals surface area contributed by atoms with Gasteiger partial charge in [-0.05, 0) is 32.2 Å². The Morgan fingerprint density at radius 1 is 1.35 bits per heavy atom. The predicted octanol–water partition coefficient (Wildman–Crippen LogP) is 2.30. The molecule has 4 heteroatoms. The SMILES string of the molecule is CCNCc1cncnc1OC1CCCCC1. The van der Waals surface area contributed by atoms with E-state index >= 15 is 0 Å². The summed E-state index contributed by atoms with van der Waals surface area (Å²) in [6.07, 6.45) is 9.96. The normalized spacial score (nSPS) is 17.0. The van der Waals surface area contributed by atoms with Crippen molar-refractivity contribution >= 4 is 0 Å². The van der Waals surface area contributed by atoms with Gasteiger partial charge in [0.1, 0.15) is 12.4 Å². The van der Waals surface area contributed by atoms with Crippen LogP contribution >= 0.6 is 0 Å². The zero-order valence-corrected chi connectivity index (χ0v) is 10.5. The molecule has 1 aromatic rings. The number of ether oxygens (including phenoxy) is 1. The van der Waals surface area contributed by atoms with Crippen molar-refractivity contribution in [2.24, 2.45) is 0 Å². The second-order valence-electron chi connectivity index (χ2n) is 4.51. The molecule has 17 heavy (non-hydrogen) atoms. The summed E-state index contributed by atoms with van der Waals surface area (Å²) in [6, 6.07) is 0. The van der Waals surface area contributed by atoms with Gasteiger partial charge in [-0.15, -0.1) is 0 Å². The molecule has 0 amide bonds. The molecule has 0 aromatic carbocycles. The topological polar surface area (TPSA) is 47.0 Å². The number of nitrogens with one attached hydrogen (secondary N) is 1. The molecule has 1 aliphatic rings. The standard InChI is InChI=1S/C13H21N3O/c1-2-14-8-11-9-15-10-16-13(11)17-12-6-4-3-5-7-12/h9-10,12,14H,2-8H2,1H3. The summed E-state index contributed by atoms with van der Waals surface area (Å²) in [7, 11) is 0. The summed E-state index contributed by atoms with van der Waals surface area (Å²) >= 11 is 0. The molecule has 1 saturated carbocycles. The fourth-order valence-corrected chi connectivity index (χ4v) is 2.18. The Kier molecular flexibility index (Phi) is 4.74. The van der Waals surface area contributed by atoms with E-state index in [1.54, 1.807) is 6.33 Å². The molecule has 2 rings (SSSR count). The minimum atomic E-state index is 0.346. The minimum absolute atomic E-state index is 0.346. The van der Waals surface area contributed by atoms with Gasteiger partial charge in [0.25, 0.3) is 0 Å². The van der Waals surface area contributed by atoms with Crippen molar-refractivity contribution in [1.29, 1.82) is 0 Å².